The van der Waals surface area contributed by atoms with Crippen LogP contribution in [0.25, 0.3) is 12.2 Å². The van der Waals surface area contributed by atoms with Gasteiger partial charge in [-0.25, -0.2) is 16.8 Å². The van der Waals surface area contributed by atoms with Gasteiger partial charge in [-0.15, -0.1) is 22.7 Å². The van der Waals surface area contributed by atoms with Crippen molar-refractivity contribution in [2.24, 2.45) is 0 Å². The van der Waals surface area contributed by atoms with Crippen LogP contribution in [0.3, 0.4) is 0 Å². The van der Waals surface area contributed by atoms with Gasteiger partial charge in [-0.1, -0.05) is 156 Å². The molecule has 328 valence electrons. The first-order chi connectivity index (χ1) is 32.0. The quantitative estimate of drug-likeness (QED) is 0.114. The summed E-state index contributed by atoms with van der Waals surface area (Å²) in [5.41, 5.74) is 6.25. The third kappa shape index (κ3) is 13.0. The zero-order chi connectivity index (χ0) is 46.2. The van der Waals surface area contributed by atoms with Gasteiger partial charge in [0, 0.05) is 20.9 Å². The Morgan fingerprint density at radius 3 is 1.09 bits per heavy atom. The van der Waals surface area contributed by atoms with Gasteiger partial charge in [0.25, 0.3) is 20.0 Å². The molecule has 0 spiro atoms. The first kappa shape index (κ1) is 46.8. The maximum absolute atomic E-state index is 13.9. The van der Waals surface area contributed by atoms with Gasteiger partial charge in [-0.05, 0) is 120 Å². The number of nitrogens with zero attached hydrogens (tertiary/aromatic N) is 2. The summed E-state index contributed by atoms with van der Waals surface area (Å²) >= 11 is 3.08. The lowest BCUT2D eigenvalue weighted by Crippen LogP contribution is -2.29. The summed E-state index contributed by atoms with van der Waals surface area (Å²) in [7, 11) is -7.71. The molecule has 0 N–H and O–H groups in total. The van der Waals surface area contributed by atoms with E-state index in [9.17, 15) is 16.8 Å². The highest BCUT2D eigenvalue weighted by atomic mass is 32.2. The van der Waals surface area contributed by atoms with E-state index in [0.29, 0.717) is 11.4 Å². The molecular formula is C56H46N2O4S4. The fourth-order valence-electron chi connectivity index (χ4n) is 6.45. The predicted octanol–water partition coefficient (Wildman–Crippen LogP) is 12.7. The minimum Gasteiger partial charge on any atom is -0.254 e. The minimum absolute atomic E-state index is 0.178. The van der Waals surface area contributed by atoms with Crippen molar-refractivity contribution >= 4 is 54.9 Å². The molecule has 2 aromatic heterocycles. The highest BCUT2D eigenvalue weighted by molar-refractivity contribution is 7.89. The Hall–Kier alpha value is -7.18. The first-order valence-electron chi connectivity index (χ1n) is 21.0. The Bertz CT molecular complexity index is 2980. The molecule has 8 aromatic rings. The molecule has 2 heterocycles. The fraction of sp³-hybridized carbons (Fsp3) is 0.0714. The standard InChI is InChI=1S/2C28H23NO2S2/c2*1-23-14-18-28(19-15-23)33(30,31)29(22-25-11-6-3-7-12-25)26(21-27-13-8-20-32-27)17-16-24-9-4-2-5-10-24/h2*2-15,18-21H,22H2,1H3/b2*26-21+. The van der Waals surface area contributed by atoms with Crippen LogP contribution >= 0.6 is 22.7 Å². The van der Waals surface area contributed by atoms with Gasteiger partial charge in [0.1, 0.15) is 11.4 Å². The monoisotopic (exact) mass is 938 g/mol. The Kier molecular flexibility index (Phi) is 16.0. The van der Waals surface area contributed by atoms with E-state index in [1.54, 1.807) is 24.3 Å². The van der Waals surface area contributed by atoms with Gasteiger partial charge in [-0.3, -0.25) is 8.61 Å². The third-order valence-electron chi connectivity index (χ3n) is 9.96. The molecule has 0 bridgehead atoms. The Morgan fingerprint density at radius 2 is 0.773 bits per heavy atom. The molecule has 66 heavy (non-hydrogen) atoms. The van der Waals surface area contributed by atoms with Gasteiger partial charge in [-0.2, -0.15) is 0 Å². The van der Waals surface area contributed by atoms with E-state index in [2.05, 4.69) is 23.7 Å². The number of hydrogen-bond acceptors (Lipinski definition) is 6. The summed E-state index contributed by atoms with van der Waals surface area (Å²) < 4.78 is 58.2. The fourth-order valence-corrected chi connectivity index (χ4v) is 10.6. The van der Waals surface area contributed by atoms with E-state index in [1.807, 2.05) is 207 Å². The number of aryl methyl sites for hydroxylation is 2. The summed E-state index contributed by atoms with van der Waals surface area (Å²) in [6, 6.07) is 59.9. The molecule has 0 saturated carbocycles. The molecule has 0 aliphatic carbocycles. The van der Waals surface area contributed by atoms with E-state index < -0.39 is 20.0 Å². The van der Waals surface area contributed by atoms with Gasteiger partial charge < -0.3 is 0 Å². The molecule has 8 rings (SSSR count). The molecule has 0 aliphatic rings. The van der Waals surface area contributed by atoms with Crippen LogP contribution in [0.1, 0.15) is 43.1 Å². The molecule has 0 fully saturated rings. The average Bonchev–Trinajstić information content (AvgIpc) is 4.07. The normalized spacial score (nSPS) is 11.5. The van der Waals surface area contributed by atoms with Crippen molar-refractivity contribution < 1.29 is 16.8 Å². The van der Waals surface area contributed by atoms with Crippen LogP contribution in [0.2, 0.25) is 0 Å². The highest BCUT2D eigenvalue weighted by Gasteiger charge is 2.28. The summed E-state index contributed by atoms with van der Waals surface area (Å²) in [5, 5.41) is 3.92. The Labute approximate surface area is 397 Å². The van der Waals surface area contributed by atoms with Crippen LogP contribution in [-0.4, -0.2) is 25.4 Å². The van der Waals surface area contributed by atoms with Gasteiger partial charge in [0.15, 0.2) is 0 Å². The number of hydrogen-bond donors (Lipinski definition) is 0. The maximum Gasteiger partial charge on any atom is 0.265 e. The molecule has 6 aromatic carbocycles. The molecule has 0 amide bonds. The lowest BCUT2D eigenvalue weighted by atomic mass is 10.2. The van der Waals surface area contributed by atoms with Crippen LogP contribution in [0.15, 0.2) is 226 Å². The van der Waals surface area contributed by atoms with Gasteiger partial charge in [0.05, 0.1) is 22.9 Å². The van der Waals surface area contributed by atoms with Crippen molar-refractivity contribution in [3.05, 3.63) is 259 Å². The van der Waals surface area contributed by atoms with Gasteiger partial charge >= 0.3 is 0 Å². The first-order valence-corrected chi connectivity index (χ1v) is 25.6. The van der Waals surface area contributed by atoms with E-state index in [4.69, 9.17) is 0 Å². The summed E-state index contributed by atoms with van der Waals surface area (Å²) in [6.07, 6.45) is 3.69. The second-order valence-corrected chi connectivity index (χ2v) is 20.6. The SMILES string of the molecule is Cc1ccc(S(=O)(=O)N(Cc2ccccc2)/C(C#Cc2ccccc2)=C/c2cccs2)cc1.Cc1ccc(S(=O)(=O)N(Cc2ccccc2)/C(C#Cc2ccccc2)=C/c2cccs2)cc1. The van der Waals surface area contributed by atoms with Crippen molar-refractivity contribution in [3.63, 3.8) is 0 Å². The van der Waals surface area contributed by atoms with E-state index in [1.165, 1.54) is 31.3 Å². The highest BCUT2D eigenvalue weighted by Crippen LogP contribution is 2.28. The Morgan fingerprint density at radius 1 is 0.439 bits per heavy atom. The van der Waals surface area contributed by atoms with Crippen LogP contribution in [0.5, 0.6) is 0 Å². The second kappa shape index (κ2) is 22.6. The molecular weight excluding hydrogens is 893 g/mol. The molecule has 10 heteroatoms. The van der Waals surface area contributed by atoms with Crippen molar-refractivity contribution in [2.45, 2.75) is 36.7 Å². The maximum atomic E-state index is 13.9. The topological polar surface area (TPSA) is 74.8 Å². The van der Waals surface area contributed by atoms with Gasteiger partial charge in [0.2, 0.25) is 0 Å². The zero-order valence-electron chi connectivity index (χ0n) is 36.4. The van der Waals surface area contributed by atoms with Crippen LogP contribution in [-0.2, 0) is 33.1 Å². The smallest absolute Gasteiger partial charge is 0.254 e. The number of sulfonamides is 2. The zero-order valence-corrected chi connectivity index (χ0v) is 39.6. The largest absolute Gasteiger partial charge is 0.265 e. The van der Waals surface area contributed by atoms with Crippen LogP contribution < -0.4 is 0 Å². The summed E-state index contributed by atoms with van der Waals surface area (Å²) in [5.74, 6) is 12.6. The Balaban J connectivity index is 0.000000196. The molecule has 0 radical (unpaired) electrons. The van der Waals surface area contributed by atoms with Crippen molar-refractivity contribution in [3.8, 4) is 23.7 Å². The molecule has 0 saturated heterocycles. The predicted molar refractivity (Wildman–Crippen MR) is 272 cm³/mol. The van der Waals surface area contributed by atoms with Crippen LogP contribution in [0, 0.1) is 37.5 Å². The average molecular weight is 939 g/mol. The number of rotatable bonds is 12. The van der Waals surface area contributed by atoms with E-state index in [-0.39, 0.29) is 22.9 Å². The number of benzene rings is 6. The van der Waals surface area contributed by atoms with Crippen LogP contribution in [0.4, 0.5) is 0 Å². The van der Waals surface area contributed by atoms with Crippen molar-refractivity contribution in [1.29, 1.82) is 0 Å². The summed E-state index contributed by atoms with van der Waals surface area (Å²) in [4.78, 5) is 2.35. The molecule has 0 atom stereocenters. The minimum atomic E-state index is -3.86. The number of allylic oxidation sites excluding steroid dienone is 2. The van der Waals surface area contributed by atoms with E-state index >= 15 is 0 Å². The van der Waals surface area contributed by atoms with E-state index in [0.717, 1.165) is 43.1 Å². The molecule has 6 nitrogen and oxygen atoms in total. The van der Waals surface area contributed by atoms with Crippen molar-refractivity contribution in [1.82, 2.24) is 8.61 Å². The van der Waals surface area contributed by atoms with Crippen molar-refractivity contribution in [2.75, 3.05) is 0 Å². The molecule has 0 aliphatic heterocycles. The lowest BCUT2D eigenvalue weighted by molar-refractivity contribution is 0.483. The number of thiophene rings is 2. The summed E-state index contributed by atoms with van der Waals surface area (Å²) in [6.45, 7) is 4.23. The lowest BCUT2D eigenvalue weighted by Gasteiger charge is -2.24. The second-order valence-electron chi connectivity index (χ2n) is 14.9. The molecule has 0 unspecified atom stereocenters. The third-order valence-corrected chi connectivity index (χ3v) is 15.1.